The minimum absolute atomic E-state index is 0.0653. The summed E-state index contributed by atoms with van der Waals surface area (Å²) in [6.07, 6.45) is 0. The molecule has 0 aliphatic carbocycles. The quantitative estimate of drug-likeness (QED) is 0.808. The van der Waals surface area contributed by atoms with Crippen molar-refractivity contribution >= 4 is 16.0 Å². The fraction of sp³-hybridized carbons (Fsp3) is 0.462. The summed E-state index contributed by atoms with van der Waals surface area (Å²) in [5.74, 6) is -1.34. The van der Waals surface area contributed by atoms with E-state index in [-0.39, 0.29) is 17.2 Å². The molecule has 0 fully saturated rings. The van der Waals surface area contributed by atoms with Crippen LogP contribution >= 0.6 is 0 Å². The first kappa shape index (κ1) is 17.3. The molecule has 7 nitrogen and oxygen atoms in total. The van der Waals surface area contributed by atoms with Crippen LogP contribution in [-0.2, 0) is 14.8 Å². The molecule has 0 bridgehead atoms. The molecule has 0 heterocycles. The van der Waals surface area contributed by atoms with Gasteiger partial charge in [-0.3, -0.25) is 4.79 Å². The van der Waals surface area contributed by atoms with Crippen molar-refractivity contribution in [3.63, 3.8) is 0 Å². The second kappa shape index (κ2) is 6.77. The van der Waals surface area contributed by atoms with Crippen LogP contribution in [0.1, 0.15) is 6.92 Å². The van der Waals surface area contributed by atoms with Crippen LogP contribution < -0.4 is 9.47 Å². The molecule has 1 aromatic rings. The van der Waals surface area contributed by atoms with E-state index >= 15 is 0 Å². The Labute approximate surface area is 124 Å². The molecule has 1 atom stereocenters. The van der Waals surface area contributed by atoms with E-state index in [1.165, 1.54) is 40.3 Å². The standard InChI is InChI=1S/C13H19NO6S/c1-9(13(15)16)8-14(2)21(17,18)12-7-10(19-3)5-6-11(12)20-4/h5-7,9H,8H2,1-4H3,(H,15,16). The van der Waals surface area contributed by atoms with E-state index in [9.17, 15) is 13.2 Å². The molecular weight excluding hydrogens is 298 g/mol. The van der Waals surface area contributed by atoms with E-state index in [2.05, 4.69) is 0 Å². The van der Waals surface area contributed by atoms with Gasteiger partial charge in [-0.2, -0.15) is 4.31 Å². The lowest BCUT2D eigenvalue weighted by Crippen LogP contribution is -2.33. The van der Waals surface area contributed by atoms with Crippen molar-refractivity contribution in [3.05, 3.63) is 18.2 Å². The van der Waals surface area contributed by atoms with E-state index in [4.69, 9.17) is 14.6 Å². The normalized spacial score (nSPS) is 13.0. The van der Waals surface area contributed by atoms with Gasteiger partial charge in [0.15, 0.2) is 0 Å². The summed E-state index contributed by atoms with van der Waals surface area (Å²) >= 11 is 0. The smallest absolute Gasteiger partial charge is 0.307 e. The van der Waals surface area contributed by atoms with Crippen molar-refractivity contribution in [3.8, 4) is 11.5 Å². The van der Waals surface area contributed by atoms with Crippen LogP contribution in [-0.4, -0.2) is 51.6 Å². The minimum Gasteiger partial charge on any atom is -0.497 e. The molecule has 0 aliphatic rings. The molecule has 0 saturated heterocycles. The predicted molar refractivity (Wildman–Crippen MR) is 76.2 cm³/mol. The third kappa shape index (κ3) is 3.85. The van der Waals surface area contributed by atoms with Crippen molar-refractivity contribution in [2.45, 2.75) is 11.8 Å². The Kier molecular flexibility index (Phi) is 5.56. The number of rotatable bonds is 7. The topological polar surface area (TPSA) is 93.1 Å². The number of hydrogen-bond donors (Lipinski definition) is 1. The van der Waals surface area contributed by atoms with Crippen molar-refractivity contribution in [1.29, 1.82) is 0 Å². The highest BCUT2D eigenvalue weighted by atomic mass is 32.2. The maximum atomic E-state index is 12.5. The van der Waals surface area contributed by atoms with Gasteiger partial charge in [0.25, 0.3) is 0 Å². The lowest BCUT2D eigenvalue weighted by Gasteiger charge is -2.20. The number of sulfonamides is 1. The fourth-order valence-electron chi connectivity index (χ4n) is 1.72. The Morgan fingerprint density at radius 2 is 1.95 bits per heavy atom. The number of carbonyl (C=O) groups is 1. The van der Waals surface area contributed by atoms with Crippen molar-refractivity contribution < 1.29 is 27.8 Å². The minimum atomic E-state index is -3.88. The van der Waals surface area contributed by atoms with E-state index in [0.717, 1.165) is 4.31 Å². The van der Waals surface area contributed by atoms with Gasteiger partial charge in [-0.25, -0.2) is 8.42 Å². The number of hydrogen-bond acceptors (Lipinski definition) is 5. The number of aliphatic carboxylic acids is 1. The van der Waals surface area contributed by atoms with Gasteiger partial charge in [-0.1, -0.05) is 6.92 Å². The first-order valence-electron chi connectivity index (χ1n) is 6.15. The summed E-state index contributed by atoms with van der Waals surface area (Å²) in [6.45, 7) is 1.30. The molecule has 0 aromatic heterocycles. The Morgan fingerprint density at radius 3 is 2.43 bits per heavy atom. The first-order chi connectivity index (χ1) is 9.73. The summed E-state index contributed by atoms with van der Waals surface area (Å²) in [4.78, 5) is 10.8. The maximum Gasteiger partial charge on any atom is 0.307 e. The fourth-order valence-corrected chi connectivity index (χ4v) is 3.14. The van der Waals surface area contributed by atoms with Crippen LogP contribution in [0.5, 0.6) is 11.5 Å². The molecule has 1 N–H and O–H groups in total. The highest BCUT2D eigenvalue weighted by molar-refractivity contribution is 7.89. The van der Waals surface area contributed by atoms with Gasteiger partial charge >= 0.3 is 5.97 Å². The zero-order chi connectivity index (χ0) is 16.2. The molecule has 0 aliphatic heterocycles. The van der Waals surface area contributed by atoms with Crippen LogP contribution in [0.3, 0.4) is 0 Å². The van der Waals surface area contributed by atoms with Gasteiger partial charge in [0.1, 0.15) is 16.4 Å². The van der Waals surface area contributed by atoms with E-state index in [0.29, 0.717) is 5.75 Å². The first-order valence-corrected chi connectivity index (χ1v) is 7.59. The van der Waals surface area contributed by atoms with Crippen LogP contribution in [0.25, 0.3) is 0 Å². The Hall–Kier alpha value is -1.80. The molecule has 1 rings (SSSR count). The number of carboxylic acids is 1. The number of carboxylic acid groups (broad SMARTS) is 1. The average Bonchev–Trinajstić information content (AvgIpc) is 2.46. The van der Waals surface area contributed by atoms with E-state index < -0.39 is 21.9 Å². The number of ether oxygens (including phenoxy) is 2. The third-order valence-corrected chi connectivity index (χ3v) is 4.86. The van der Waals surface area contributed by atoms with Crippen LogP contribution in [0, 0.1) is 5.92 Å². The Bertz CT molecular complexity index is 613. The monoisotopic (exact) mass is 317 g/mol. The molecule has 1 unspecified atom stereocenters. The average molecular weight is 317 g/mol. The molecule has 0 spiro atoms. The zero-order valence-electron chi connectivity index (χ0n) is 12.4. The van der Waals surface area contributed by atoms with Crippen LogP contribution in [0.15, 0.2) is 23.1 Å². The molecule has 0 amide bonds. The van der Waals surface area contributed by atoms with Gasteiger partial charge in [-0.15, -0.1) is 0 Å². The van der Waals surface area contributed by atoms with Gasteiger partial charge < -0.3 is 14.6 Å². The number of nitrogens with zero attached hydrogens (tertiary/aromatic N) is 1. The predicted octanol–water partition coefficient (Wildman–Crippen LogP) is 1.05. The SMILES string of the molecule is COc1ccc(OC)c(S(=O)(=O)N(C)CC(C)C(=O)O)c1. The Balaban J connectivity index is 3.20. The molecule has 21 heavy (non-hydrogen) atoms. The highest BCUT2D eigenvalue weighted by Gasteiger charge is 2.28. The van der Waals surface area contributed by atoms with Crippen LogP contribution in [0.2, 0.25) is 0 Å². The maximum absolute atomic E-state index is 12.5. The third-order valence-electron chi connectivity index (χ3n) is 3.01. The molecule has 118 valence electrons. The highest BCUT2D eigenvalue weighted by Crippen LogP contribution is 2.30. The van der Waals surface area contributed by atoms with E-state index in [1.54, 1.807) is 6.07 Å². The molecule has 8 heteroatoms. The molecule has 1 aromatic carbocycles. The van der Waals surface area contributed by atoms with Crippen LogP contribution in [0.4, 0.5) is 0 Å². The summed E-state index contributed by atoms with van der Waals surface area (Å²) in [6, 6.07) is 4.41. The lowest BCUT2D eigenvalue weighted by atomic mass is 10.2. The number of methoxy groups -OCH3 is 2. The molecule has 0 radical (unpaired) electrons. The van der Waals surface area contributed by atoms with Gasteiger partial charge in [0.2, 0.25) is 10.0 Å². The second-order valence-electron chi connectivity index (χ2n) is 4.54. The molecule has 0 saturated carbocycles. The lowest BCUT2D eigenvalue weighted by molar-refractivity contribution is -0.141. The largest absolute Gasteiger partial charge is 0.497 e. The number of benzene rings is 1. The summed E-state index contributed by atoms with van der Waals surface area (Å²) in [5, 5.41) is 8.88. The Morgan fingerprint density at radius 1 is 1.33 bits per heavy atom. The molecular formula is C13H19NO6S. The van der Waals surface area contributed by atoms with E-state index in [1.807, 2.05) is 0 Å². The summed E-state index contributed by atoms with van der Waals surface area (Å²) < 4.78 is 36.1. The second-order valence-corrected chi connectivity index (χ2v) is 6.55. The van der Waals surface area contributed by atoms with Gasteiger partial charge in [0, 0.05) is 19.7 Å². The summed E-state index contributed by atoms with van der Waals surface area (Å²) in [7, 11) is 0.236. The van der Waals surface area contributed by atoms with Gasteiger partial charge in [0.05, 0.1) is 20.1 Å². The van der Waals surface area contributed by atoms with Crippen molar-refractivity contribution in [1.82, 2.24) is 4.31 Å². The van der Waals surface area contributed by atoms with Crippen molar-refractivity contribution in [2.24, 2.45) is 5.92 Å². The zero-order valence-corrected chi connectivity index (χ0v) is 13.2. The van der Waals surface area contributed by atoms with Crippen molar-refractivity contribution in [2.75, 3.05) is 27.8 Å². The van der Waals surface area contributed by atoms with Gasteiger partial charge in [-0.05, 0) is 12.1 Å². The summed E-state index contributed by atoms with van der Waals surface area (Å²) in [5.41, 5.74) is 0.